The van der Waals surface area contributed by atoms with E-state index in [2.05, 4.69) is 5.32 Å². The highest BCUT2D eigenvalue weighted by atomic mass is 35.5. The normalized spacial score (nSPS) is 21.7. The third-order valence-electron chi connectivity index (χ3n) is 3.53. The second kappa shape index (κ2) is 6.03. The first-order valence-electron chi connectivity index (χ1n) is 6.15. The number of aromatic hydroxyl groups is 1. The fraction of sp³-hybridized carbons (Fsp3) is 0.462. The lowest BCUT2D eigenvalue weighted by molar-refractivity contribution is -0.133. The first-order valence-corrected chi connectivity index (χ1v) is 7.30. The summed E-state index contributed by atoms with van der Waals surface area (Å²) in [7, 11) is 0. The van der Waals surface area contributed by atoms with Gasteiger partial charge in [0.25, 0.3) is 0 Å². The number of phenols is 1. The summed E-state index contributed by atoms with van der Waals surface area (Å²) in [5.41, 5.74) is 2.31. The zero-order valence-corrected chi connectivity index (χ0v) is 12.1. The van der Waals surface area contributed by atoms with Crippen LogP contribution in [0.2, 0.25) is 0 Å². The molecule has 1 unspecified atom stereocenters. The molecule has 19 heavy (non-hydrogen) atoms. The molecule has 0 radical (unpaired) electrons. The number of thioether (sulfide) groups is 1. The molecule has 0 aromatic heterocycles. The third-order valence-corrected chi connectivity index (χ3v) is 4.47. The Kier molecular flexibility index (Phi) is 4.60. The molecule has 0 bridgehead atoms. The predicted octanol–water partition coefficient (Wildman–Crippen LogP) is 1.36. The molecule has 104 valence electrons. The molecule has 2 N–H and O–H groups in total. The Morgan fingerprint density at radius 3 is 3.00 bits per heavy atom. The van der Waals surface area contributed by atoms with Crippen LogP contribution in [0.1, 0.15) is 11.1 Å². The van der Waals surface area contributed by atoms with Crippen LogP contribution in [0, 0.1) is 0 Å². The van der Waals surface area contributed by atoms with Crippen molar-refractivity contribution >= 4 is 30.1 Å². The van der Waals surface area contributed by atoms with E-state index in [1.807, 2.05) is 11.0 Å². The second-order valence-corrected chi connectivity index (χ2v) is 5.76. The number of halogens is 1. The van der Waals surface area contributed by atoms with Crippen LogP contribution in [0.25, 0.3) is 0 Å². The van der Waals surface area contributed by atoms with E-state index in [9.17, 15) is 9.90 Å². The van der Waals surface area contributed by atoms with Crippen LogP contribution in [0.4, 0.5) is 0 Å². The molecule has 1 aromatic rings. The number of fused-ring (bicyclic) bond motifs is 1. The molecule has 3 rings (SSSR count). The fourth-order valence-corrected chi connectivity index (χ4v) is 3.44. The Hall–Kier alpha value is -0.910. The van der Waals surface area contributed by atoms with Crippen molar-refractivity contribution in [2.24, 2.45) is 0 Å². The number of hydrogen-bond donors (Lipinski definition) is 2. The van der Waals surface area contributed by atoms with Crippen LogP contribution in [-0.2, 0) is 17.8 Å². The molecule has 2 heterocycles. The molecular formula is C13H17ClN2O2S. The van der Waals surface area contributed by atoms with Crippen molar-refractivity contribution in [1.82, 2.24) is 10.2 Å². The van der Waals surface area contributed by atoms with Crippen molar-refractivity contribution in [3.8, 4) is 5.75 Å². The van der Waals surface area contributed by atoms with Crippen LogP contribution < -0.4 is 5.32 Å². The minimum absolute atomic E-state index is 0. The van der Waals surface area contributed by atoms with Crippen molar-refractivity contribution in [3.05, 3.63) is 29.3 Å². The van der Waals surface area contributed by atoms with Crippen molar-refractivity contribution < 1.29 is 9.90 Å². The van der Waals surface area contributed by atoms with E-state index in [0.717, 1.165) is 30.2 Å². The number of carbonyl (C=O) groups excluding carboxylic acids is 1. The largest absolute Gasteiger partial charge is 0.508 e. The Labute approximate surface area is 123 Å². The van der Waals surface area contributed by atoms with Crippen molar-refractivity contribution in [3.63, 3.8) is 0 Å². The first-order chi connectivity index (χ1) is 8.74. The lowest BCUT2D eigenvalue weighted by Gasteiger charge is -2.30. The second-order valence-electron chi connectivity index (χ2n) is 4.73. The van der Waals surface area contributed by atoms with Crippen LogP contribution in [0.5, 0.6) is 5.75 Å². The standard InChI is InChI=1S/C13H16N2O2S.ClH/c16-11-2-1-9-3-4-15(6-10(9)5-11)13(17)12-7-18-8-14-12;/h1-2,5,12,14,16H,3-4,6-8H2;1H. The predicted molar refractivity (Wildman–Crippen MR) is 78.7 cm³/mol. The maximum atomic E-state index is 12.3. The molecule has 2 aliphatic heterocycles. The summed E-state index contributed by atoms with van der Waals surface area (Å²) >= 11 is 1.76. The Morgan fingerprint density at radius 1 is 1.42 bits per heavy atom. The Bertz CT molecular complexity index is 478. The van der Waals surface area contributed by atoms with Gasteiger partial charge in [-0.1, -0.05) is 6.07 Å². The van der Waals surface area contributed by atoms with E-state index in [1.165, 1.54) is 5.56 Å². The average Bonchev–Trinajstić information content (AvgIpc) is 2.90. The van der Waals surface area contributed by atoms with Gasteiger partial charge in [-0.05, 0) is 29.7 Å². The van der Waals surface area contributed by atoms with Crippen molar-refractivity contribution in [1.29, 1.82) is 0 Å². The summed E-state index contributed by atoms with van der Waals surface area (Å²) in [5, 5.41) is 12.7. The van der Waals surface area contributed by atoms with E-state index in [1.54, 1.807) is 23.9 Å². The van der Waals surface area contributed by atoms with Crippen LogP contribution in [-0.4, -0.2) is 40.1 Å². The number of nitrogens with one attached hydrogen (secondary N) is 1. The van der Waals surface area contributed by atoms with Gasteiger partial charge in [-0.2, -0.15) is 0 Å². The van der Waals surface area contributed by atoms with Crippen LogP contribution in [0.15, 0.2) is 18.2 Å². The fourth-order valence-electron chi connectivity index (χ4n) is 2.51. The van der Waals surface area contributed by atoms with E-state index in [4.69, 9.17) is 0 Å². The number of carbonyl (C=O) groups is 1. The van der Waals surface area contributed by atoms with E-state index < -0.39 is 0 Å². The van der Waals surface area contributed by atoms with Gasteiger partial charge >= 0.3 is 0 Å². The maximum Gasteiger partial charge on any atom is 0.240 e. The van der Waals surface area contributed by atoms with Crippen molar-refractivity contribution in [2.45, 2.75) is 19.0 Å². The molecule has 0 aliphatic carbocycles. The maximum absolute atomic E-state index is 12.3. The van der Waals surface area contributed by atoms with Gasteiger partial charge in [0.2, 0.25) is 5.91 Å². The van der Waals surface area contributed by atoms with Crippen LogP contribution >= 0.6 is 24.2 Å². The van der Waals surface area contributed by atoms with E-state index >= 15 is 0 Å². The molecule has 6 heteroatoms. The minimum Gasteiger partial charge on any atom is -0.508 e. The number of phenolic OH excluding ortho intramolecular Hbond substituents is 1. The number of rotatable bonds is 1. The number of nitrogens with zero attached hydrogens (tertiary/aromatic N) is 1. The summed E-state index contributed by atoms with van der Waals surface area (Å²) in [6.07, 6.45) is 0.876. The number of benzene rings is 1. The zero-order chi connectivity index (χ0) is 12.5. The van der Waals surface area contributed by atoms with Gasteiger partial charge in [0.05, 0.1) is 6.04 Å². The Balaban J connectivity index is 0.00000133. The van der Waals surface area contributed by atoms with Gasteiger partial charge in [-0.3, -0.25) is 10.1 Å². The van der Waals surface area contributed by atoms with Crippen molar-refractivity contribution in [2.75, 3.05) is 18.2 Å². The lowest BCUT2D eigenvalue weighted by atomic mass is 9.99. The molecule has 0 spiro atoms. The third kappa shape index (κ3) is 2.99. The Morgan fingerprint density at radius 2 is 2.26 bits per heavy atom. The smallest absolute Gasteiger partial charge is 0.240 e. The molecule has 2 aliphatic rings. The first kappa shape index (κ1) is 14.5. The molecule has 1 aromatic carbocycles. The highest BCUT2D eigenvalue weighted by Crippen LogP contribution is 2.24. The zero-order valence-electron chi connectivity index (χ0n) is 10.5. The summed E-state index contributed by atoms with van der Waals surface area (Å²) in [6, 6.07) is 5.40. The van der Waals surface area contributed by atoms with E-state index in [-0.39, 0.29) is 30.1 Å². The summed E-state index contributed by atoms with van der Waals surface area (Å²) in [4.78, 5) is 14.2. The van der Waals surface area contributed by atoms with Gasteiger partial charge < -0.3 is 10.0 Å². The molecular weight excluding hydrogens is 284 g/mol. The summed E-state index contributed by atoms with van der Waals surface area (Å²) < 4.78 is 0. The molecule has 1 atom stereocenters. The van der Waals surface area contributed by atoms with Gasteiger partial charge in [0.15, 0.2) is 0 Å². The summed E-state index contributed by atoms with van der Waals surface area (Å²) in [5.74, 6) is 2.19. The molecule has 1 saturated heterocycles. The summed E-state index contributed by atoms with van der Waals surface area (Å²) in [6.45, 7) is 1.39. The van der Waals surface area contributed by atoms with Crippen LogP contribution in [0.3, 0.4) is 0 Å². The van der Waals surface area contributed by atoms with Gasteiger partial charge in [-0.25, -0.2) is 0 Å². The SMILES string of the molecule is Cl.O=C(C1CSCN1)N1CCc2ccc(O)cc2C1. The van der Waals surface area contributed by atoms with Gasteiger partial charge in [0.1, 0.15) is 5.75 Å². The topological polar surface area (TPSA) is 52.6 Å². The molecule has 1 amide bonds. The molecule has 0 saturated carbocycles. The molecule has 4 nitrogen and oxygen atoms in total. The van der Waals surface area contributed by atoms with Gasteiger partial charge in [-0.15, -0.1) is 24.2 Å². The quantitative estimate of drug-likeness (QED) is 0.822. The van der Waals surface area contributed by atoms with Gasteiger partial charge in [0, 0.05) is 24.7 Å². The average molecular weight is 301 g/mol. The monoisotopic (exact) mass is 300 g/mol. The molecule has 1 fully saturated rings. The highest BCUT2D eigenvalue weighted by Gasteiger charge is 2.29. The number of amides is 1. The van der Waals surface area contributed by atoms with E-state index in [0.29, 0.717) is 6.54 Å². The lowest BCUT2D eigenvalue weighted by Crippen LogP contribution is -2.46. The number of hydrogen-bond acceptors (Lipinski definition) is 4. The highest BCUT2D eigenvalue weighted by molar-refractivity contribution is 7.99. The minimum atomic E-state index is -0.0335.